The molecule has 62 heavy (non-hydrogen) atoms. The van der Waals surface area contributed by atoms with Crippen LogP contribution in [0.5, 0.6) is 0 Å². The number of carbonyl (C=O) groups is 5. The van der Waals surface area contributed by atoms with Gasteiger partial charge in [-0.15, -0.1) is 0 Å². The minimum atomic E-state index is -1.03. The molecule has 1 atom stereocenters. The maximum atomic E-state index is 14.9. The molecule has 7 N–H and O–H groups in total. The normalized spacial score (nSPS) is 11.9. The molecule has 5 rings (SSSR count). The first-order chi connectivity index (χ1) is 29.9. The van der Waals surface area contributed by atoms with Crippen molar-refractivity contribution >= 4 is 64.1 Å². The molecule has 16 heteroatoms. The zero-order chi connectivity index (χ0) is 44.5. The van der Waals surface area contributed by atoms with Crippen LogP contribution >= 0.6 is 12.6 Å². The summed E-state index contributed by atoms with van der Waals surface area (Å²) in [6, 6.07) is 17.9. The molecule has 1 unspecified atom stereocenters. The third-order valence-electron chi connectivity index (χ3n) is 11.2. The van der Waals surface area contributed by atoms with Gasteiger partial charge in [-0.05, 0) is 79.0 Å². The highest BCUT2D eigenvalue weighted by atomic mass is 32.1. The average molecular weight is 867 g/mol. The van der Waals surface area contributed by atoms with Crippen molar-refractivity contribution in [2.45, 2.75) is 65.5 Å². The summed E-state index contributed by atoms with van der Waals surface area (Å²) in [4.78, 5) is 83.6. The third kappa shape index (κ3) is 14.1. The van der Waals surface area contributed by atoms with E-state index in [0.717, 1.165) is 39.4 Å². The van der Waals surface area contributed by atoms with Crippen LogP contribution in [-0.2, 0) is 38.6 Å². The first kappa shape index (κ1) is 47.2. The van der Waals surface area contributed by atoms with Crippen molar-refractivity contribution in [1.82, 2.24) is 45.6 Å². The van der Waals surface area contributed by atoms with Gasteiger partial charge in [0.25, 0.3) is 0 Å². The van der Waals surface area contributed by atoms with E-state index in [1.165, 1.54) is 9.80 Å². The molecule has 5 aromatic rings. The first-order valence-electron chi connectivity index (χ1n) is 21.3. The molecule has 15 nitrogen and oxygen atoms in total. The Morgan fingerprint density at radius 1 is 0.823 bits per heavy atom. The number of aromatic nitrogens is 3. The predicted molar refractivity (Wildman–Crippen MR) is 246 cm³/mol. The Kier molecular flexibility index (Phi) is 17.8. The Hall–Kier alpha value is -5.87. The number of hydrogen-bond acceptors (Lipinski definition) is 8. The van der Waals surface area contributed by atoms with Crippen LogP contribution in [0.15, 0.2) is 85.5 Å². The number of para-hydroxylation sites is 2. The minimum Gasteiger partial charge on any atom is -0.361 e. The fraction of sp³-hybridized carbons (Fsp3) is 0.435. The van der Waals surface area contributed by atoms with Crippen LogP contribution in [0.1, 0.15) is 56.7 Å². The van der Waals surface area contributed by atoms with Gasteiger partial charge >= 0.3 is 6.03 Å². The molecule has 332 valence electrons. The molecule has 3 heterocycles. The zero-order valence-electron chi connectivity index (χ0n) is 36.1. The summed E-state index contributed by atoms with van der Waals surface area (Å²) in [5, 5.41) is 11.1. The summed E-state index contributed by atoms with van der Waals surface area (Å²) in [7, 11) is 0. The Balaban J connectivity index is 1.37. The molecular weight excluding hydrogens is 805 g/mol. The van der Waals surface area contributed by atoms with Crippen molar-refractivity contribution in [3.8, 4) is 0 Å². The summed E-state index contributed by atoms with van der Waals surface area (Å²) in [6.07, 6.45) is 9.58. The topological polar surface area (TPSA) is 202 Å². The highest BCUT2D eigenvalue weighted by molar-refractivity contribution is 7.80. The molecule has 0 radical (unpaired) electrons. The molecule has 0 aliphatic heterocycles. The highest BCUT2D eigenvalue weighted by Gasteiger charge is 2.30. The predicted octanol–water partition coefficient (Wildman–Crippen LogP) is 4.40. The monoisotopic (exact) mass is 866 g/mol. The van der Waals surface area contributed by atoms with Crippen molar-refractivity contribution in [3.05, 3.63) is 102 Å². The van der Waals surface area contributed by atoms with Crippen molar-refractivity contribution in [3.63, 3.8) is 0 Å². The van der Waals surface area contributed by atoms with Gasteiger partial charge in [0.05, 0.1) is 19.6 Å². The third-order valence-corrected chi connectivity index (χ3v) is 11.4. The maximum absolute atomic E-state index is 14.9. The SMILES string of the molecule is CCC(C)(C)CN(CCCC(NC(=O)CNCCc1c[nH]c2ccccc12)C(=O)N(CCc1c[nH]c2ccccc12)CC(=O)N(CC(=O)NCCS)Cc1cccnc1)C(N)=O. The molecular formula is C46H62N10O5S. The molecule has 3 aromatic heterocycles. The number of thiol groups is 1. The Morgan fingerprint density at radius 3 is 2.13 bits per heavy atom. The number of nitrogens with two attached hydrogens (primary N) is 1. The van der Waals surface area contributed by atoms with E-state index in [0.29, 0.717) is 50.2 Å². The standard InChI is InChI=1S/C46H62N10O5S/c1-4-46(2,3)32-55(45(47)61)22-10-16-40(53-41(57)28-49-20-17-34-26-51-38-14-7-5-12-36(34)38)44(60)54(23-18-35-27-52-39-15-8-6-13-37(35)39)31-43(59)56(30-42(58)50-21-24-62)29-33-11-9-19-48-25-33/h5-9,11-15,19,25-27,40,49,51-52,62H,4,10,16-18,20-24,28-32H2,1-3H3,(H2,47,61)(H,50,58)(H,53,57). The number of nitrogens with zero attached hydrogens (tertiary/aromatic N) is 4. The number of aromatic amines is 2. The fourth-order valence-corrected chi connectivity index (χ4v) is 7.47. The van der Waals surface area contributed by atoms with Gasteiger partial charge in [0, 0.05) is 85.1 Å². The minimum absolute atomic E-state index is 0.0429. The lowest BCUT2D eigenvalue weighted by Gasteiger charge is -2.32. The first-order valence-corrected chi connectivity index (χ1v) is 22.0. The van der Waals surface area contributed by atoms with E-state index in [-0.39, 0.29) is 62.9 Å². The number of amides is 6. The molecule has 0 aliphatic rings. The Bertz CT molecular complexity index is 2240. The molecule has 2 aromatic carbocycles. The number of fused-ring (bicyclic) bond motifs is 2. The number of rotatable bonds is 25. The van der Waals surface area contributed by atoms with Gasteiger partial charge in [0.15, 0.2) is 0 Å². The van der Waals surface area contributed by atoms with Crippen LogP contribution in [0.3, 0.4) is 0 Å². The molecule has 0 saturated heterocycles. The van der Waals surface area contributed by atoms with Gasteiger partial charge < -0.3 is 46.4 Å². The van der Waals surface area contributed by atoms with Crippen LogP contribution in [0.4, 0.5) is 4.79 Å². The summed E-state index contributed by atoms with van der Waals surface area (Å²) < 4.78 is 0. The smallest absolute Gasteiger partial charge is 0.314 e. The lowest BCUT2D eigenvalue weighted by atomic mass is 9.89. The summed E-state index contributed by atoms with van der Waals surface area (Å²) in [6.45, 7) is 7.33. The van der Waals surface area contributed by atoms with E-state index in [9.17, 15) is 24.0 Å². The van der Waals surface area contributed by atoms with Gasteiger partial charge in [-0.25, -0.2) is 4.79 Å². The number of carbonyl (C=O) groups excluding carboxylic acids is 5. The van der Waals surface area contributed by atoms with E-state index < -0.39 is 23.9 Å². The fourth-order valence-electron chi connectivity index (χ4n) is 7.36. The molecule has 0 fully saturated rings. The van der Waals surface area contributed by atoms with Gasteiger partial charge in [-0.3, -0.25) is 24.2 Å². The molecule has 0 aliphatic carbocycles. The van der Waals surface area contributed by atoms with E-state index in [4.69, 9.17) is 5.73 Å². The second-order valence-corrected chi connectivity index (χ2v) is 16.8. The number of urea groups is 1. The van der Waals surface area contributed by atoms with Gasteiger partial charge in [-0.1, -0.05) is 63.2 Å². The van der Waals surface area contributed by atoms with Crippen LogP contribution in [0.25, 0.3) is 21.8 Å². The van der Waals surface area contributed by atoms with Crippen molar-refractivity contribution in [1.29, 1.82) is 0 Å². The van der Waals surface area contributed by atoms with Gasteiger partial charge in [-0.2, -0.15) is 12.6 Å². The highest BCUT2D eigenvalue weighted by Crippen LogP contribution is 2.22. The number of H-pyrrole nitrogens is 2. The quantitative estimate of drug-likeness (QED) is 0.0333. The summed E-state index contributed by atoms with van der Waals surface area (Å²) in [5.41, 5.74) is 10.4. The Morgan fingerprint density at radius 2 is 1.50 bits per heavy atom. The van der Waals surface area contributed by atoms with E-state index >= 15 is 0 Å². The van der Waals surface area contributed by atoms with E-state index in [1.54, 1.807) is 23.4 Å². The number of hydrogen-bond donors (Lipinski definition) is 7. The zero-order valence-corrected chi connectivity index (χ0v) is 37.0. The van der Waals surface area contributed by atoms with Crippen molar-refractivity contribution in [2.24, 2.45) is 11.1 Å². The van der Waals surface area contributed by atoms with Crippen LogP contribution in [0, 0.1) is 5.41 Å². The molecule has 0 saturated carbocycles. The second kappa shape index (κ2) is 23.4. The molecule has 0 bridgehead atoms. The second-order valence-electron chi connectivity index (χ2n) is 16.4. The average Bonchev–Trinajstić information content (AvgIpc) is 3.88. The van der Waals surface area contributed by atoms with Crippen LogP contribution < -0.4 is 21.7 Å². The lowest BCUT2D eigenvalue weighted by molar-refractivity contribution is -0.144. The van der Waals surface area contributed by atoms with Crippen molar-refractivity contribution in [2.75, 3.05) is 58.1 Å². The number of benzene rings is 2. The van der Waals surface area contributed by atoms with E-state index in [1.807, 2.05) is 60.9 Å². The van der Waals surface area contributed by atoms with Crippen LogP contribution in [0.2, 0.25) is 0 Å². The van der Waals surface area contributed by atoms with Crippen molar-refractivity contribution < 1.29 is 24.0 Å². The maximum Gasteiger partial charge on any atom is 0.314 e. The molecule has 6 amide bonds. The van der Waals surface area contributed by atoms with Gasteiger partial charge in [0.2, 0.25) is 23.6 Å². The van der Waals surface area contributed by atoms with E-state index in [2.05, 4.69) is 70.4 Å². The lowest BCUT2D eigenvalue weighted by Crippen LogP contribution is -2.54. The number of primary amides is 1. The molecule has 0 spiro atoms. The largest absolute Gasteiger partial charge is 0.361 e. The number of nitrogens with one attached hydrogen (secondary N) is 5. The summed E-state index contributed by atoms with van der Waals surface area (Å²) in [5.74, 6) is -1.22. The van der Waals surface area contributed by atoms with Crippen LogP contribution in [-0.4, -0.2) is 123 Å². The Labute approximate surface area is 369 Å². The van der Waals surface area contributed by atoms with Gasteiger partial charge in [0.1, 0.15) is 6.04 Å². The summed E-state index contributed by atoms with van der Waals surface area (Å²) >= 11 is 4.19. The number of pyridine rings is 1.